The van der Waals surface area contributed by atoms with Gasteiger partial charge in [-0.15, -0.1) is 5.10 Å². The molecular weight excluding hydrogens is 358 g/mol. The average Bonchev–Trinajstić information content (AvgIpc) is 3.25. The number of aromatic nitrogens is 3. The van der Waals surface area contributed by atoms with Crippen LogP contribution >= 0.6 is 22.9 Å². The minimum Gasteiger partial charge on any atom is -0.462 e. The molecule has 0 saturated heterocycles. The van der Waals surface area contributed by atoms with Crippen LogP contribution in [0.1, 0.15) is 22.9 Å². The summed E-state index contributed by atoms with van der Waals surface area (Å²) in [6.45, 7) is 1.86. The molecule has 3 aromatic heterocycles. The summed E-state index contributed by atoms with van der Waals surface area (Å²) >= 11 is 7.15. The summed E-state index contributed by atoms with van der Waals surface area (Å²) in [6, 6.07) is 11.1. The van der Waals surface area contributed by atoms with E-state index < -0.39 is 0 Å². The molecule has 0 bridgehead atoms. The van der Waals surface area contributed by atoms with Crippen LogP contribution in [0.3, 0.4) is 0 Å². The van der Waals surface area contributed by atoms with Gasteiger partial charge in [-0.1, -0.05) is 41.1 Å². The Labute approximate surface area is 151 Å². The molecule has 0 spiro atoms. The molecule has 0 fully saturated rings. The van der Waals surface area contributed by atoms with Gasteiger partial charge in [0.05, 0.1) is 0 Å². The van der Waals surface area contributed by atoms with E-state index in [1.165, 1.54) is 15.9 Å². The highest BCUT2D eigenvalue weighted by Gasteiger charge is 2.09. The van der Waals surface area contributed by atoms with Gasteiger partial charge in [0.1, 0.15) is 16.1 Å². The molecule has 0 atom stereocenters. The first kappa shape index (κ1) is 15.8. The van der Waals surface area contributed by atoms with Gasteiger partial charge >= 0.3 is 0 Å². The second kappa shape index (κ2) is 6.31. The van der Waals surface area contributed by atoms with Crippen LogP contribution in [0.2, 0.25) is 5.02 Å². The molecule has 124 valence electrons. The smallest absolute Gasteiger partial charge is 0.291 e. The number of thiazole rings is 1. The highest BCUT2D eigenvalue weighted by Crippen LogP contribution is 2.12. The molecular formula is C18H12ClN3O2S. The molecule has 0 aliphatic rings. The maximum absolute atomic E-state index is 12.4. The Balaban J connectivity index is 1.67. The van der Waals surface area contributed by atoms with Crippen molar-refractivity contribution >= 4 is 46.1 Å². The highest BCUT2D eigenvalue weighted by atomic mass is 35.5. The van der Waals surface area contributed by atoms with E-state index in [9.17, 15) is 4.79 Å². The molecule has 5 nitrogen and oxygen atoms in total. The monoisotopic (exact) mass is 369 g/mol. The molecule has 0 amide bonds. The van der Waals surface area contributed by atoms with Crippen LogP contribution in [0.15, 0.2) is 45.6 Å². The minimum absolute atomic E-state index is 0.201. The zero-order valence-corrected chi connectivity index (χ0v) is 14.7. The van der Waals surface area contributed by atoms with Gasteiger partial charge in [0.2, 0.25) is 4.96 Å². The largest absolute Gasteiger partial charge is 0.462 e. The maximum Gasteiger partial charge on any atom is 0.291 e. The summed E-state index contributed by atoms with van der Waals surface area (Å²) < 4.78 is 7.33. The van der Waals surface area contributed by atoms with E-state index >= 15 is 0 Å². The number of benzene rings is 1. The van der Waals surface area contributed by atoms with E-state index in [0.29, 0.717) is 26.1 Å². The summed E-state index contributed by atoms with van der Waals surface area (Å²) in [5.41, 5.74) is 0.778. The van der Waals surface area contributed by atoms with Crippen molar-refractivity contribution in [3.8, 4) is 0 Å². The third-order valence-electron chi connectivity index (χ3n) is 3.53. The van der Waals surface area contributed by atoms with Gasteiger partial charge in [-0.25, -0.2) is 0 Å². The number of halogens is 1. The van der Waals surface area contributed by atoms with Crippen molar-refractivity contribution in [2.45, 2.75) is 6.92 Å². The third kappa shape index (κ3) is 3.26. The maximum atomic E-state index is 12.4. The van der Waals surface area contributed by atoms with Gasteiger partial charge in [-0.3, -0.25) is 4.79 Å². The van der Waals surface area contributed by atoms with Crippen LogP contribution in [-0.4, -0.2) is 14.6 Å². The molecule has 0 aliphatic heterocycles. The highest BCUT2D eigenvalue weighted by molar-refractivity contribution is 7.15. The Morgan fingerprint density at radius 1 is 1.16 bits per heavy atom. The summed E-state index contributed by atoms with van der Waals surface area (Å²) in [5.74, 6) is 1.92. The SMILES string of the molecule is Cc1ccc(/C=c2/sc3nc(/C=C/c4ccc(Cl)cc4)nn3c2=O)o1. The van der Waals surface area contributed by atoms with E-state index in [1.807, 2.05) is 49.4 Å². The number of aryl methyl sites for hydroxylation is 1. The minimum atomic E-state index is -0.201. The molecule has 0 unspecified atom stereocenters. The number of rotatable bonds is 3. The molecule has 0 radical (unpaired) electrons. The van der Waals surface area contributed by atoms with Crippen molar-refractivity contribution in [3.05, 3.63) is 79.2 Å². The molecule has 4 rings (SSSR count). The summed E-state index contributed by atoms with van der Waals surface area (Å²) in [7, 11) is 0. The first-order valence-electron chi connectivity index (χ1n) is 7.50. The van der Waals surface area contributed by atoms with Crippen LogP contribution in [0, 0.1) is 6.92 Å². The van der Waals surface area contributed by atoms with Crippen LogP contribution in [0.4, 0.5) is 0 Å². The van der Waals surface area contributed by atoms with Crippen LogP contribution < -0.4 is 10.1 Å². The van der Waals surface area contributed by atoms with Crippen LogP contribution in [0.25, 0.3) is 23.2 Å². The molecule has 7 heteroatoms. The van der Waals surface area contributed by atoms with Crippen molar-refractivity contribution < 1.29 is 4.42 Å². The predicted molar refractivity (Wildman–Crippen MR) is 99.7 cm³/mol. The molecule has 25 heavy (non-hydrogen) atoms. The lowest BCUT2D eigenvalue weighted by molar-refractivity contribution is 0.525. The number of nitrogens with zero attached hydrogens (tertiary/aromatic N) is 3. The second-order valence-corrected chi connectivity index (χ2v) is 6.86. The van der Waals surface area contributed by atoms with Crippen LogP contribution in [0.5, 0.6) is 0 Å². The molecule has 4 aromatic rings. The van der Waals surface area contributed by atoms with Crippen molar-refractivity contribution in [1.29, 1.82) is 0 Å². The van der Waals surface area contributed by atoms with Crippen molar-refractivity contribution in [2.75, 3.05) is 0 Å². The van der Waals surface area contributed by atoms with Gasteiger partial charge in [0, 0.05) is 11.1 Å². The molecule has 0 N–H and O–H groups in total. The lowest BCUT2D eigenvalue weighted by atomic mass is 10.2. The Kier molecular flexibility index (Phi) is 3.99. The molecule has 0 saturated carbocycles. The van der Waals surface area contributed by atoms with E-state index in [1.54, 1.807) is 12.2 Å². The van der Waals surface area contributed by atoms with E-state index in [-0.39, 0.29) is 5.56 Å². The predicted octanol–water partition coefficient (Wildman–Crippen LogP) is 3.42. The van der Waals surface area contributed by atoms with Crippen molar-refractivity contribution in [3.63, 3.8) is 0 Å². The zero-order valence-electron chi connectivity index (χ0n) is 13.1. The third-order valence-corrected chi connectivity index (χ3v) is 4.74. The Hall–Kier alpha value is -2.70. The summed E-state index contributed by atoms with van der Waals surface area (Å²) in [4.78, 5) is 17.4. The zero-order chi connectivity index (χ0) is 17.4. The topological polar surface area (TPSA) is 60.4 Å². The average molecular weight is 370 g/mol. The van der Waals surface area contributed by atoms with Gasteiger partial charge in [-0.2, -0.15) is 9.50 Å². The normalized spacial score (nSPS) is 12.6. The van der Waals surface area contributed by atoms with Crippen molar-refractivity contribution in [2.24, 2.45) is 0 Å². The quantitative estimate of drug-likeness (QED) is 0.555. The Bertz CT molecular complexity index is 1190. The van der Waals surface area contributed by atoms with E-state index in [2.05, 4.69) is 10.1 Å². The Morgan fingerprint density at radius 3 is 2.64 bits per heavy atom. The first-order chi connectivity index (χ1) is 12.1. The fourth-order valence-corrected chi connectivity index (χ4v) is 3.35. The summed E-state index contributed by atoms with van der Waals surface area (Å²) in [5, 5.41) is 4.94. The fourth-order valence-electron chi connectivity index (χ4n) is 2.32. The second-order valence-electron chi connectivity index (χ2n) is 5.41. The molecule has 1 aromatic carbocycles. The van der Waals surface area contributed by atoms with Gasteiger partial charge in [0.15, 0.2) is 5.82 Å². The van der Waals surface area contributed by atoms with Gasteiger partial charge in [-0.05, 0) is 42.8 Å². The number of fused-ring (bicyclic) bond motifs is 1. The lowest BCUT2D eigenvalue weighted by Crippen LogP contribution is -2.23. The number of hydrogen-bond acceptors (Lipinski definition) is 5. The number of furan rings is 1. The van der Waals surface area contributed by atoms with E-state index in [4.69, 9.17) is 16.0 Å². The molecule has 0 aliphatic carbocycles. The van der Waals surface area contributed by atoms with Gasteiger partial charge < -0.3 is 4.42 Å². The lowest BCUT2D eigenvalue weighted by Gasteiger charge is -1.91. The van der Waals surface area contributed by atoms with Crippen LogP contribution in [-0.2, 0) is 0 Å². The first-order valence-corrected chi connectivity index (χ1v) is 8.69. The number of hydrogen-bond donors (Lipinski definition) is 0. The Morgan fingerprint density at radius 2 is 1.96 bits per heavy atom. The summed E-state index contributed by atoms with van der Waals surface area (Å²) in [6.07, 6.45) is 5.35. The van der Waals surface area contributed by atoms with E-state index in [0.717, 1.165) is 11.3 Å². The van der Waals surface area contributed by atoms with Gasteiger partial charge in [0.25, 0.3) is 5.56 Å². The molecule has 3 heterocycles. The van der Waals surface area contributed by atoms with Crippen molar-refractivity contribution in [1.82, 2.24) is 14.6 Å². The fraction of sp³-hybridized carbons (Fsp3) is 0.0556. The standard InChI is InChI=1S/C18H12ClN3O2S/c1-11-2-8-14(24-11)10-15-17(23)22-18(25-15)20-16(21-22)9-5-12-3-6-13(19)7-4-12/h2-10H,1H3/b9-5+,15-10+.